The lowest BCUT2D eigenvalue weighted by atomic mass is 10.2. The molecule has 1 heterocycles. The van der Waals surface area contributed by atoms with Crippen molar-refractivity contribution in [3.8, 4) is 11.5 Å². The monoisotopic (exact) mass is 432 g/mol. The zero-order valence-corrected chi connectivity index (χ0v) is 17.2. The van der Waals surface area contributed by atoms with Crippen LogP contribution in [-0.4, -0.2) is 30.6 Å². The van der Waals surface area contributed by atoms with Crippen molar-refractivity contribution in [2.24, 2.45) is 0 Å². The minimum Gasteiger partial charge on any atom is -0.497 e. The van der Waals surface area contributed by atoms with Crippen molar-refractivity contribution in [1.82, 2.24) is 4.98 Å². The predicted octanol–water partition coefficient (Wildman–Crippen LogP) is 4.21. The molecule has 0 spiro atoms. The van der Waals surface area contributed by atoms with E-state index in [1.165, 1.54) is 0 Å². The number of methoxy groups -OCH3 is 1. The number of ether oxygens (including phenoxy) is 3. The summed E-state index contributed by atoms with van der Waals surface area (Å²) in [5.41, 5.74) is 2.29. The minimum atomic E-state index is -0.519. The van der Waals surface area contributed by atoms with Gasteiger partial charge < -0.3 is 23.9 Å². The van der Waals surface area contributed by atoms with Crippen LogP contribution in [0, 0.1) is 0 Å². The summed E-state index contributed by atoms with van der Waals surface area (Å²) >= 11 is 0. The van der Waals surface area contributed by atoms with Gasteiger partial charge in [0.1, 0.15) is 17.0 Å². The second kappa shape index (κ2) is 9.65. The first-order chi connectivity index (χ1) is 15.6. The van der Waals surface area contributed by atoms with E-state index >= 15 is 0 Å². The van der Waals surface area contributed by atoms with Gasteiger partial charge in [-0.15, -0.1) is 0 Å². The molecule has 1 amide bonds. The van der Waals surface area contributed by atoms with Crippen molar-refractivity contribution in [1.29, 1.82) is 0 Å². The first-order valence-electron chi connectivity index (χ1n) is 9.79. The fourth-order valence-electron chi connectivity index (χ4n) is 2.93. The van der Waals surface area contributed by atoms with E-state index in [2.05, 4.69) is 10.3 Å². The summed E-state index contributed by atoms with van der Waals surface area (Å²) in [4.78, 5) is 28.6. The van der Waals surface area contributed by atoms with Gasteiger partial charge in [-0.25, -0.2) is 9.78 Å². The molecule has 4 aromatic rings. The third-order valence-electron chi connectivity index (χ3n) is 4.48. The Balaban J connectivity index is 1.26. The van der Waals surface area contributed by atoms with Gasteiger partial charge in [-0.3, -0.25) is 4.79 Å². The summed E-state index contributed by atoms with van der Waals surface area (Å²) in [5, 5.41) is 2.73. The Morgan fingerprint density at radius 1 is 0.969 bits per heavy atom. The number of nitrogens with zero attached hydrogens (tertiary/aromatic N) is 1. The average molecular weight is 432 g/mol. The highest BCUT2D eigenvalue weighted by atomic mass is 16.5. The molecule has 0 atom stereocenters. The molecule has 1 N–H and O–H groups in total. The Bertz CT molecular complexity index is 1200. The zero-order chi connectivity index (χ0) is 22.3. The van der Waals surface area contributed by atoms with Crippen molar-refractivity contribution in [3.05, 3.63) is 84.3 Å². The number of para-hydroxylation sites is 2. The lowest BCUT2D eigenvalue weighted by Crippen LogP contribution is -2.20. The minimum absolute atomic E-state index is 0.0732. The molecule has 0 unspecified atom stereocenters. The molecule has 8 heteroatoms. The van der Waals surface area contributed by atoms with Gasteiger partial charge in [0, 0.05) is 11.8 Å². The summed E-state index contributed by atoms with van der Waals surface area (Å²) in [6.07, 6.45) is 0. The topological polar surface area (TPSA) is 99.9 Å². The van der Waals surface area contributed by atoms with E-state index in [9.17, 15) is 9.59 Å². The summed E-state index contributed by atoms with van der Waals surface area (Å²) in [7, 11) is 1.55. The van der Waals surface area contributed by atoms with Crippen molar-refractivity contribution >= 4 is 28.7 Å². The number of fused-ring (bicyclic) bond motifs is 1. The number of esters is 1. The Morgan fingerprint density at radius 2 is 1.78 bits per heavy atom. The molecule has 0 saturated carbocycles. The Kier molecular flexibility index (Phi) is 6.31. The standard InChI is InChI=1S/C24H20N2O6/c1-29-19-6-4-5-17(13-19)25-22(27)14-30-18-11-9-16(10-12-18)24(28)31-15-23-26-20-7-2-3-8-21(20)32-23/h2-13H,14-15H2,1H3,(H,25,27). The molecule has 0 aliphatic heterocycles. The molecule has 4 rings (SSSR count). The first kappa shape index (κ1) is 20.9. The van der Waals surface area contributed by atoms with Crippen LogP contribution in [0.3, 0.4) is 0 Å². The number of oxazole rings is 1. The van der Waals surface area contributed by atoms with Gasteiger partial charge in [-0.2, -0.15) is 0 Å². The van der Waals surface area contributed by atoms with Gasteiger partial charge in [0.2, 0.25) is 5.89 Å². The van der Waals surface area contributed by atoms with Gasteiger partial charge in [0.25, 0.3) is 5.91 Å². The molecule has 0 bridgehead atoms. The smallest absolute Gasteiger partial charge is 0.338 e. The molecule has 0 radical (unpaired) electrons. The van der Waals surface area contributed by atoms with E-state index in [0.29, 0.717) is 39.7 Å². The quantitative estimate of drug-likeness (QED) is 0.416. The number of amides is 1. The Hall–Kier alpha value is -4.33. The van der Waals surface area contributed by atoms with Gasteiger partial charge >= 0.3 is 5.97 Å². The maximum absolute atomic E-state index is 12.3. The zero-order valence-electron chi connectivity index (χ0n) is 17.2. The second-order valence-corrected chi connectivity index (χ2v) is 6.74. The van der Waals surface area contributed by atoms with Crippen LogP contribution in [0.4, 0.5) is 5.69 Å². The molecule has 0 aliphatic rings. The summed E-state index contributed by atoms with van der Waals surface area (Å²) in [5.74, 6) is 0.569. The number of rotatable bonds is 8. The third kappa shape index (κ3) is 5.23. The van der Waals surface area contributed by atoms with Crippen LogP contribution >= 0.6 is 0 Å². The van der Waals surface area contributed by atoms with Crippen molar-refractivity contribution in [2.45, 2.75) is 6.61 Å². The molecular formula is C24H20N2O6. The largest absolute Gasteiger partial charge is 0.497 e. The Morgan fingerprint density at radius 3 is 2.56 bits per heavy atom. The van der Waals surface area contributed by atoms with Crippen LogP contribution in [0.25, 0.3) is 11.1 Å². The van der Waals surface area contributed by atoms with Crippen LogP contribution in [0.2, 0.25) is 0 Å². The highest BCUT2D eigenvalue weighted by molar-refractivity contribution is 5.92. The van der Waals surface area contributed by atoms with Gasteiger partial charge in [-0.1, -0.05) is 18.2 Å². The van der Waals surface area contributed by atoms with Crippen molar-refractivity contribution in [3.63, 3.8) is 0 Å². The molecule has 162 valence electrons. The number of benzene rings is 3. The third-order valence-corrected chi connectivity index (χ3v) is 4.48. The van der Waals surface area contributed by atoms with Gasteiger partial charge in [-0.05, 0) is 48.5 Å². The Labute approximate surface area is 183 Å². The first-order valence-corrected chi connectivity index (χ1v) is 9.79. The normalized spacial score (nSPS) is 10.5. The van der Waals surface area contributed by atoms with Crippen molar-refractivity contribution in [2.75, 3.05) is 19.0 Å². The lowest BCUT2D eigenvalue weighted by molar-refractivity contribution is -0.118. The van der Waals surface area contributed by atoms with E-state index in [0.717, 1.165) is 0 Å². The van der Waals surface area contributed by atoms with E-state index < -0.39 is 5.97 Å². The highest BCUT2D eigenvalue weighted by Gasteiger charge is 2.12. The maximum Gasteiger partial charge on any atom is 0.338 e. The fraction of sp³-hybridized carbons (Fsp3) is 0.125. The molecule has 8 nitrogen and oxygen atoms in total. The molecule has 3 aromatic carbocycles. The summed E-state index contributed by atoms with van der Waals surface area (Å²) in [6, 6.07) is 20.6. The van der Waals surface area contributed by atoms with Crippen LogP contribution in [0.15, 0.2) is 77.2 Å². The second-order valence-electron chi connectivity index (χ2n) is 6.74. The number of carbonyl (C=O) groups excluding carboxylic acids is 2. The lowest BCUT2D eigenvalue weighted by Gasteiger charge is -2.09. The fourth-order valence-corrected chi connectivity index (χ4v) is 2.93. The number of nitrogens with one attached hydrogen (secondary N) is 1. The maximum atomic E-state index is 12.3. The highest BCUT2D eigenvalue weighted by Crippen LogP contribution is 2.18. The summed E-state index contributed by atoms with van der Waals surface area (Å²) < 4.78 is 21.4. The molecule has 0 aliphatic carbocycles. The number of hydrogen-bond acceptors (Lipinski definition) is 7. The predicted molar refractivity (Wildman–Crippen MR) is 117 cm³/mol. The average Bonchev–Trinajstić information content (AvgIpc) is 3.25. The van der Waals surface area contributed by atoms with E-state index in [1.54, 1.807) is 61.7 Å². The van der Waals surface area contributed by atoms with E-state index in [-0.39, 0.29) is 19.1 Å². The number of anilines is 1. The molecular weight excluding hydrogens is 412 g/mol. The number of aromatic nitrogens is 1. The number of carbonyl (C=O) groups is 2. The van der Waals surface area contributed by atoms with Gasteiger partial charge in [0.05, 0.1) is 12.7 Å². The SMILES string of the molecule is COc1cccc(NC(=O)COc2ccc(C(=O)OCc3nc4ccccc4o3)cc2)c1. The number of hydrogen-bond donors (Lipinski definition) is 1. The van der Waals surface area contributed by atoms with E-state index in [1.807, 2.05) is 18.2 Å². The molecule has 1 aromatic heterocycles. The van der Waals surface area contributed by atoms with Crippen LogP contribution < -0.4 is 14.8 Å². The van der Waals surface area contributed by atoms with Gasteiger partial charge in [0.15, 0.2) is 18.8 Å². The van der Waals surface area contributed by atoms with Crippen LogP contribution in [0.1, 0.15) is 16.2 Å². The van der Waals surface area contributed by atoms with Crippen molar-refractivity contribution < 1.29 is 28.2 Å². The van der Waals surface area contributed by atoms with Crippen LogP contribution in [-0.2, 0) is 16.1 Å². The summed E-state index contributed by atoms with van der Waals surface area (Å²) in [6.45, 7) is -0.255. The van der Waals surface area contributed by atoms with Crippen LogP contribution in [0.5, 0.6) is 11.5 Å². The molecule has 32 heavy (non-hydrogen) atoms. The van der Waals surface area contributed by atoms with E-state index in [4.69, 9.17) is 18.6 Å². The molecule has 0 saturated heterocycles. The molecule has 0 fully saturated rings.